The molecule has 1 aromatic carbocycles. The molecule has 0 radical (unpaired) electrons. The summed E-state index contributed by atoms with van der Waals surface area (Å²) in [6, 6.07) is 12.5. The van der Waals surface area contributed by atoms with Crippen LogP contribution >= 0.6 is 0 Å². The number of hydrogen-bond acceptors (Lipinski definition) is 4. The van der Waals surface area contributed by atoms with E-state index in [2.05, 4.69) is 4.98 Å². The zero-order valence-corrected chi connectivity index (χ0v) is 11.5. The van der Waals surface area contributed by atoms with Crippen molar-refractivity contribution in [2.45, 2.75) is 6.92 Å². The first-order chi connectivity index (χ1) is 10.3. The Kier molecular flexibility index (Phi) is 3.55. The smallest absolute Gasteiger partial charge is 0.338 e. The molecule has 3 rings (SSSR count). The number of imidazole rings is 1. The van der Waals surface area contributed by atoms with Gasteiger partial charge in [0.1, 0.15) is 11.4 Å². The van der Waals surface area contributed by atoms with Gasteiger partial charge < -0.3 is 9.47 Å². The molecule has 0 amide bonds. The lowest BCUT2D eigenvalue weighted by atomic mass is 10.2. The molecular weight excluding hydrogens is 268 g/mol. The van der Waals surface area contributed by atoms with E-state index in [1.807, 2.05) is 28.8 Å². The highest BCUT2D eigenvalue weighted by atomic mass is 16.5. The minimum Gasteiger partial charge on any atom is -0.462 e. The lowest BCUT2D eigenvalue weighted by Crippen LogP contribution is -2.04. The first-order valence-corrected chi connectivity index (χ1v) is 6.65. The number of rotatable bonds is 4. The number of fused-ring (bicyclic) bond motifs is 1. The maximum atomic E-state index is 11.6. The second kappa shape index (κ2) is 5.66. The Morgan fingerprint density at radius 2 is 2.00 bits per heavy atom. The maximum Gasteiger partial charge on any atom is 0.338 e. The molecule has 0 saturated heterocycles. The first kappa shape index (κ1) is 13.2. The molecule has 0 atom stereocenters. The molecule has 2 heterocycles. The molecule has 0 N–H and O–H groups in total. The number of ether oxygens (including phenoxy) is 2. The van der Waals surface area contributed by atoms with Crippen LogP contribution in [-0.2, 0) is 4.74 Å². The summed E-state index contributed by atoms with van der Waals surface area (Å²) < 4.78 is 12.6. The molecule has 0 fully saturated rings. The third-order valence-corrected chi connectivity index (χ3v) is 2.98. The number of hydrogen-bond donors (Lipinski definition) is 0. The van der Waals surface area contributed by atoms with Gasteiger partial charge in [-0.3, -0.25) is 4.40 Å². The molecule has 106 valence electrons. The fourth-order valence-electron chi connectivity index (χ4n) is 2.00. The number of carbonyl (C=O) groups excluding carboxylic acids is 1. The Morgan fingerprint density at radius 3 is 2.76 bits per heavy atom. The molecule has 0 aliphatic heterocycles. The van der Waals surface area contributed by atoms with Crippen molar-refractivity contribution >= 4 is 11.6 Å². The van der Waals surface area contributed by atoms with Crippen LogP contribution < -0.4 is 4.74 Å². The van der Waals surface area contributed by atoms with Crippen molar-refractivity contribution in [2.24, 2.45) is 0 Å². The minimum absolute atomic E-state index is 0.333. The van der Waals surface area contributed by atoms with E-state index in [9.17, 15) is 4.79 Å². The Hall–Kier alpha value is -2.82. The Labute approximate surface area is 121 Å². The van der Waals surface area contributed by atoms with E-state index in [4.69, 9.17) is 9.47 Å². The summed E-state index contributed by atoms with van der Waals surface area (Å²) in [6.07, 6.45) is 3.55. The molecule has 21 heavy (non-hydrogen) atoms. The van der Waals surface area contributed by atoms with Gasteiger partial charge in [-0.2, -0.15) is 0 Å². The maximum absolute atomic E-state index is 11.6. The average Bonchev–Trinajstić information content (AvgIpc) is 2.98. The lowest BCUT2D eigenvalue weighted by molar-refractivity contribution is 0.0526. The summed E-state index contributed by atoms with van der Waals surface area (Å²) in [7, 11) is 0. The van der Waals surface area contributed by atoms with Gasteiger partial charge in [0, 0.05) is 12.4 Å². The van der Waals surface area contributed by atoms with Crippen LogP contribution in [0.25, 0.3) is 5.65 Å². The van der Waals surface area contributed by atoms with E-state index in [-0.39, 0.29) is 5.97 Å². The van der Waals surface area contributed by atoms with Gasteiger partial charge in [0.25, 0.3) is 0 Å². The van der Waals surface area contributed by atoms with Gasteiger partial charge in [-0.15, -0.1) is 0 Å². The van der Waals surface area contributed by atoms with E-state index >= 15 is 0 Å². The van der Waals surface area contributed by atoms with E-state index in [0.29, 0.717) is 23.8 Å². The first-order valence-electron chi connectivity index (χ1n) is 6.65. The summed E-state index contributed by atoms with van der Waals surface area (Å²) in [5.41, 5.74) is 1.32. The summed E-state index contributed by atoms with van der Waals surface area (Å²) in [5.74, 6) is 0.971. The molecule has 2 aromatic heterocycles. The highest BCUT2D eigenvalue weighted by Crippen LogP contribution is 2.22. The molecule has 5 nitrogen and oxygen atoms in total. The second-order valence-corrected chi connectivity index (χ2v) is 4.37. The number of esters is 1. The van der Waals surface area contributed by atoms with Crippen LogP contribution in [-0.4, -0.2) is 22.0 Å². The fraction of sp³-hybridized carbons (Fsp3) is 0.125. The summed E-state index contributed by atoms with van der Waals surface area (Å²) in [6.45, 7) is 2.14. The van der Waals surface area contributed by atoms with Crippen LogP contribution in [0.15, 0.2) is 54.9 Å². The van der Waals surface area contributed by atoms with Crippen LogP contribution in [0.2, 0.25) is 0 Å². The number of benzene rings is 1. The standard InChI is InChI=1S/C16H14N2O3/c1-2-20-16(19)12-6-8-13(9-7-12)21-15-5-3-4-14-17-10-11-18(14)15/h3-11H,2H2,1H3. The fourth-order valence-corrected chi connectivity index (χ4v) is 2.00. The molecule has 3 aromatic rings. The number of pyridine rings is 1. The van der Waals surface area contributed by atoms with Gasteiger partial charge >= 0.3 is 5.97 Å². The molecule has 0 spiro atoms. The highest BCUT2D eigenvalue weighted by Gasteiger charge is 2.07. The molecule has 0 unspecified atom stereocenters. The molecule has 0 aliphatic rings. The number of nitrogens with zero attached hydrogens (tertiary/aromatic N) is 2. The van der Waals surface area contributed by atoms with Crippen molar-refractivity contribution in [3.05, 3.63) is 60.4 Å². The van der Waals surface area contributed by atoms with Crippen LogP contribution in [0.3, 0.4) is 0 Å². The van der Waals surface area contributed by atoms with E-state index in [0.717, 1.165) is 5.65 Å². The van der Waals surface area contributed by atoms with Crippen molar-refractivity contribution < 1.29 is 14.3 Å². The normalized spacial score (nSPS) is 10.5. The molecule has 5 heteroatoms. The number of carbonyl (C=O) groups is 1. The van der Waals surface area contributed by atoms with E-state index in [1.165, 1.54) is 0 Å². The highest BCUT2D eigenvalue weighted by molar-refractivity contribution is 5.89. The lowest BCUT2D eigenvalue weighted by Gasteiger charge is -2.08. The summed E-state index contributed by atoms with van der Waals surface area (Å²) >= 11 is 0. The Balaban J connectivity index is 1.82. The average molecular weight is 282 g/mol. The van der Waals surface area contributed by atoms with Crippen LogP contribution in [0.1, 0.15) is 17.3 Å². The van der Waals surface area contributed by atoms with E-state index in [1.54, 1.807) is 37.4 Å². The summed E-state index contributed by atoms with van der Waals surface area (Å²) in [5, 5.41) is 0. The van der Waals surface area contributed by atoms with Crippen molar-refractivity contribution in [3.8, 4) is 11.6 Å². The van der Waals surface area contributed by atoms with Gasteiger partial charge in [-0.1, -0.05) is 6.07 Å². The van der Waals surface area contributed by atoms with Crippen LogP contribution in [0, 0.1) is 0 Å². The van der Waals surface area contributed by atoms with Crippen molar-refractivity contribution in [3.63, 3.8) is 0 Å². The SMILES string of the molecule is CCOC(=O)c1ccc(Oc2cccc3nccn23)cc1. The van der Waals surface area contributed by atoms with Gasteiger partial charge in [-0.25, -0.2) is 9.78 Å². The molecule has 0 bridgehead atoms. The largest absolute Gasteiger partial charge is 0.462 e. The zero-order chi connectivity index (χ0) is 14.7. The Morgan fingerprint density at radius 1 is 1.19 bits per heavy atom. The van der Waals surface area contributed by atoms with E-state index < -0.39 is 0 Å². The van der Waals surface area contributed by atoms with Gasteiger partial charge in [0.15, 0.2) is 0 Å². The zero-order valence-electron chi connectivity index (χ0n) is 11.5. The van der Waals surface area contributed by atoms with Gasteiger partial charge in [-0.05, 0) is 43.3 Å². The minimum atomic E-state index is -0.333. The molecule has 0 aliphatic carbocycles. The predicted octanol–water partition coefficient (Wildman–Crippen LogP) is 3.30. The molecule has 0 saturated carbocycles. The molecular formula is C16H14N2O3. The van der Waals surface area contributed by atoms with Crippen molar-refractivity contribution in [2.75, 3.05) is 6.61 Å². The quantitative estimate of drug-likeness (QED) is 0.689. The van der Waals surface area contributed by atoms with Crippen molar-refractivity contribution in [1.82, 2.24) is 9.38 Å². The van der Waals surface area contributed by atoms with Crippen LogP contribution in [0.4, 0.5) is 0 Å². The van der Waals surface area contributed by atoms with Crippen molar-refractivity contribution in [1.29, 1.82) is 0 Å². The topological polar surface area (TPSA) is 52.8 Å². The monoisotopic (exact) mass is 282 g/mol. The third-order valence-electron chi connectivity index (χ3n) is 2.98. The van der Waals surface area contributed by atoms with Crippen LogP contribution in [0.5, 0.6) is 11.6 Å². The predicted molar refractivity (Wildman–Crippen MR) is 77.7 cm³/mol. The second-order valence-electron chi connectivity index (χ2n) is 4.37. The Bertz CT molecular complexity index is 763. The summed E-state index contributed by atoms with van der Waals surface area (Å²) in [4.78, 5) is 15.8. The third kappa shape index (κ3) is 2.72. The van der Waals surface area contributed by atoms with Gasteiger partial charge in [0.2, 0.25) is 5.88 Å². The van der Waals surface area contributed by atoms with Gasteiger partial charge in [0.05, 0.1) is 12.2 Å². The number of aromatic nitrogens is 2.